The highest BCUT2D eigenvalue weighted by Gasteiger charge is 2.33. The molecule has 2 heterocycles. The maximum absolute atomic E-state index is 13.1. The van der Waals surface area contributed by atoms with Crippen molar-refractivity contribution in [2.24, 2.45) is 0 Å². The molecule has 10 heteroatoms. The van der Waals surface area contributed by atoms with Gasteiger partial charge in [-0.2, -0.15) is 23.7 Å². The molecule has 30 heavy (non-hydrogen) atoms. The first-order valence-corrected chi connectivity index (χ1v) is 8.60. The van der Waals surface area contributed by atoms with Crippen LogP contribution in [0.25, 0.3) is 22.5 Å². The molecule has 0 radical (unpaired) electrons. The van der Waals surface area contributed by atoms with Gasteiger partial charge in [0.25, 0.3) is 0 Å². The number of hydrogen-bond donors (Lipinski definition) is 1. The molecule has 3 aromatic rings. The lowest BCUT2D eigenvalue weighted by Gasteiger charge is -2.15. The minimum absolute atomic E-state index is 0.0164. The Morgan fingerprint density at radius 2 is 1.80 bits per heavy atom. The fraction of sp³-hybridized carbons (Fsp3) is 0.100. The lowest BCUT2D eigenvalue weighted by atomic mass is 9.93. The molecule has 0 aliphatic rings. The van der Waals surface area contributed by atoms with Crippen LogP contribution in [0.5, 0.6) is 5.75 Å². The van der Waals surface area contributed by atoms with Crippen LogP contribution in [0.4, 0.5) is 19.0 Å². The minimum Gasteiger partial charge on any atom is -0.497 e. The molecule has 0 atom stereocenters. The van der Waals surface area contributed by atoms with Crippen LogP contribution < -0.4 is 10.5 Å². The summed E-state index contributed by atoms with van der Waals surface area (Å²) in [6.07, 6.45) is -3.22. The first kappa shape index (κ1) is 20.9. The number of nitriles is 2. The fourth-order valence-electron chi connectivity index (χ4n) is 2.87. The number of methoxy groups -OCH3 is 1. The molecule has 0 fully saturated rings. The zero-order valence-corrected chi connectivity index (χ0v) is 16.0. The van der Waals surface area contributed by atoms with E-state index in [9.17, 15) is 23.7 Å². The van der Waals surface area contributed by atoms with Crippen molar-refractivity contribution < 1.29 is 17.9 Å². The summed E-state index contributed by atoms with van der Waals surface area (Å²) in [5.74, 6) is 0.231. The van der Waals surface area contributed by atoms with E-state index in [0.717, 1.165) is 18.2 Å². The molecule has 0 spiro atoms. The molecule has 0 aliphatic heterocycles. The first-order valence-electron chi connectivity index (χ1n) is 8.22. The number of hydrogen-bond acceptors (Lipinski definition) is 6. The lowest BCUT2D eigenvalue weighted by molar-refractivity contribution is -0.137. The second-order valence-corrected chi connectivity index (χ2v) is 6.37. The highest BCUT2D eigenvalue weighted by molar-refractivity contribution is 6.31. The number of nitrogen functional groups attached to an aromatic ring is 1. The highest BCUT2D eigenvalue weighted by Crippen LogP contribution is 2.40. The number of rotatable bonds is 3. The summed E-state index contributed by atoms with van der Waals surface area (Å²) in [5.41, 5.74) is 5.06. The number of nitrogens with two attached hydrogens (primary N) is 1. The predicted octanol–water partition coefficient (Wildman–Crippen LogP) is 4.82. The molecular weight excluding hydrogens is 419 g/mol. The summed E-state index contributed by atoms with van der Waals surface area (Å²) in [6.45, 7) is 0. The van der Waals surface area contributed by atoms with E-state index in [1.165, 1.54) is 19.4 Å². The maximum atomic E-state index is 13.1. The topological polar surface area (TPSA) is 109 Å². The molecule has 1 aromatic carbocycles. The van der Waals surface area contributed by atoms with E-state index in [1.807, 2.05) is 12.1 Å². The van der Waals surface area contributed by atoms with Gasteiger partial charge in [0, 0.05) is 17.8 Å². The maximum Gasteiger partial charge on any atom is 0.417 e. The van der Waals surface area contributed by atoms with Crippen molar-refractivity contribution in [1.82, 2.24) is 9.97 Å². The van der Waals surface area contributed by atoms with E-state index in [1.54, 1.807) is 6.07 Å². The third kappa shape index (κ3) is 3.71. The fourth-order valence-corrected chi connectivity index (χ4v) is 3.16. The SMILES string of the molecule is COc1ccnc(-c2nc(N)c(C#N)c(-c3ccc(C(F)(F)F)c(Cl)c3)c2C#N)c1. The monoisotopic (exact) mass is 429 g/mol. The molecule has 150 valence electrons. The van der Waals surface area contributed by atoms with E-state index >= 15 is 0 Å². The Kier molecular flexibility index (Phi) is 5.50. The van der Waals surface area contributed by atoms with E-state index < -0.39 is 16.8 Å². The Labute approximate surface area is 173 Å². The summed E-state index contributed by atoms with van der Waals surface area (Å²) in [7, 11) is 1.44. The van der Waals surface area contributed by atoms with Gasteiger partial charge in [-0.25, -0.2) is 4.98 Å². The van der Waals surface area contributed by atoms with Crippen LogP contribution in [0, 0.1) is 22.7 Å². The quantitative estimate of drug-likeness (QED) is 0.639. The standard InChI is InChI=1S/C20H11ClF3N5O/c1-30-11-4-5-28-16(7-11)18-12(8-25)17(13(9-26)19(27)29-18)10-2-3-14(15(21)6-10)20(22,23)24/h2-7H,1H3,(H2,27,29). The third-order valence-corrected chi connectivity index (χ3v) is 4.53. The number of aromatic nitrogens is 2. The molecule has 0 amide bonds. The van der Waals surface area contributed by atoms with Crippen molar-refractivity contribution in [2.45, 2.75) is 6.18 Å². The van der Waals surface area contributed by atoms with Crippen molar-refractivity contribution in [2.75, 3.05) is 12.8 Å². The smallest absolute Gasteiger partial charge is 0.417 e. The first-order chi connectivity index (χ1) is 14.2. The summed E-state index contributed by atoms with van der Waals surface area (Å²) < 4.78 is 44.3. The Morgan fingerprint density at radius 3 is 2.37 bits per heavy atom. The van der Waals surface area contributed by atoms with Crippen LogP contribution in [0.1, 0.15) is 16.7 Å². The Bertz CT molecular complexity index is 1230. The minimum atomic E-state index is -4.65. The highest BCUT2D eigenvalue weighted by atomic mass is 35.5. The largest absolute Gasteiger partial charge is 0.497 e. The van der Waals surface area contributed by atoms with Crippen LogP contribution >= 0.6 is 11.6 Å². The zero-order chi connectivity index (χ0) is 22.1. The second-order valence-electron chi connectivity index (χ2n) is 5.97. The molecule has 0 saturated heterocycles. The summed E-state index contributed by atoms with van der Waals surface area (Å²) in [6, 6.07) is 9.83. The molecule has 2 aromatic heterocycles. The van der Waals surface area contributed by atoms with Gasteiger partial charge in [-0.15, -0.1) is 0 Å². The van der Waals surface area contributed by atoms with Gasteiger partial charge in [-0.3, -0.25) is 4.98 Å². The van der Waals surface area contributed by atoms with Gasteiger partial charge in [-0.05, 0) is 23.8 Å². The van der Waals surface area contributed by atoms with Crippen molar-refractivity contribution in [3.8, 4) is 40.4 Å². The molecule has 3 rings (SSSR count). The Hall–Kier alpha value is -3.82. The van der Waals surface area contributed by atoms with Gasteiger partial charge in [0.2, 0.25) is 0 Å². The number of pyridine rings is 2. The average Bonchev–Trinajstić information content (AvgIpc) is 2.71. The molecule has 6 nitrogen and oxygen atoms in total. The number of halogens is 4. The van der Waals surface area contributed by atoms with Gasteiger partial charge in [0.15, 0.2) is 0 Å². The summed E-state index contributed by atoms with van der Waals surface area (Å²) in [5, 5.41) is 18.8. The number of nitrogens with zero attached hydrogens (tertiary/aromatic N) is 4. The van der Waals surface area contributed by atoms with Gasteiger partial charge in [0.1, 0.15) is 35.0 Å². The van der Waals surface area contributed by atoms with Gasteiger partial charge in [-0.1, -0.05) is 17.7 Å². The lowest BCUT2D eigenvalue weighted by Crippen LogP contribution is -2.07. The van der Waals surface area contributed by atoms with Gasteiger partial charge in [0.05, 0.1) is 29.0 Å². The van der Waals surface area contributed by atoms with Crippen LogP contribution in [0.15, 0.2) is 36.5 Å². The number of alkyl halides is 3. The number of benzene rings is 1. The molecule has 0 unspecified atom stereocenters. The molecule has 0 bridgehead atoms. The second kappa shape index (κ2) is 7.90. The van der Waals surface area contributed by atoms with Crippen LogP contribution in [-0.2, 0) is 6.18 Å². The Morgan fingerprint density at radius 1 is 1.10 bits per heavy atom. The summed E-state index contributed by atoms with van der Waals surface area (Å²) >= 11 is 5.83. The zero-order valence-electron chi connectivity index (χ0n) is 15.3. The molecular formula is C20H11ClF3N5O. The van der Waals surface area contributed by atoms with Crippen molar-refractivity contribution in [3.63, 3.8) is 0 Å². The third-order valence-electron chi connectivity index (χ3n) is 4.22. The van der Waals surface area contributed by atoms with Crippen molar-refractivity contribution in [3.05, 3.63) is 58.2 Å². The number of anilines is 1. The van der Waals surface area contributed by atoms with Gasteiger partial charge >= 0.3 is 6.18 Å². The van der Waals surface area contributed by atoms with Crippen LogP contribution in [0.3, 0.4) is 0 Å². The van der Waals surface area contributed by atoms with Crippen molar-refractivity contribution >= 4 is 17.4 Å². The van der Waals surface area contributed by atoms with Crippen LogP contribution in [-0.4, -0.2) is 17.1 Å². The van der Waals surface area contributed by atoms with Gasteiger partial charge < -0.3 is 10.5 Å². The van der Waals surface area contributed by atoms with E-state index in [-0.39, 0.29) is 39.5 Å². The predicted molar refractivity (Wildman–Crippen MR) is 103 cm³/mol. The average molecular weight is 430 g/mol. The Balaban J connectivity index is 2.34. The number of ether oxygens (including phenoxy) is 1. The molecule has 0 saturated carbocycles. The molecule has 2 N–H and O–H groups in total. The molecule has 0 aliphatic carbocycles. The summed E-state index contributed by atoms with van der Waals surface area (Å²) in [4.78, 5) is 8.28. The van der Waals surface area contributed by atoms with Crippen LogP contribution in [0.2, 0.25) is 5.02 Å². The normalized spacial score (nSPS) is 10.9. The van der Waals surface area contributed by atoms with E-state index in [0.29, 0.717) is 5.75 Å². The van der Waals surface area contributed by atoms with E-state index in [2.05, 4.69) is 9.97 Å². The van der Waals surface area contributed by atoms with E-state index in [4.69, 9.17) is 22.1 Å². The van der Waals surface area contributed by atoms with Crippen molar-refractivity contribution in [1.29, 1.82) is 10.5 Å².